The smallest absolute Gasteiger partial charge is 0.471 e. The van der Waals surface area contributed by atoms with Crippen LogP contribution in [0.4, 0.5) is 22.0 Å². The number of rotatable bonds is 3. The lowest BCUT2D eigenvalue weighted by Crippen LogP contribution is -2.54. The third-order valence-corrected chi connectivity index (χ3v) is 2.52. The van der Waals surface area contributed by atoms with Crippen LogP contribution in [0, 0.1) is 11.6 Å². The van der Waals surface area contributed by atoms with Gasteiger partial charge in [-0.3, -0.25) is 4.79 Å². The molecule has 1 amide bonds. The van der Waals surface area contributed by atoms with Crippen molar-refractivity contribution in [3.05, 3.63) is 35.4 Å². The van der Waals surface area contributed by atoms with Crippen LogP contribution in [-0.4, -0.2) is 23.2 Å². The molecular weight excluding hydrogens is 289 g/mol. The Morgan fingerprint density at radius 3 is 2.20 bits per heavy atom. The standard InChI is InChI=1S/C11H8F5NO3/c1-10(9(19)20,17-8(18)11(14,15)16)6-4-5(12)2-3-7(6)13/h2-4H,1H3,(H,17,18)(H,19,20). The van der Waals surface area contributed by atoms with Crippen molar-refractivity contribution in [2.75, 3.05) is 0 Å². The van der Waals surface area contributed by atoms with E-state index >= 15 is 0 Å². The third-order valence-electron chi connectivity index (χ3n) is 2.52. The van der Waals surface area contributed by atoms with Gasteiger partial charge >= 0.3 is 18.1 Å². The lowest BCUT2D eigenvalue weighted by atomic mass is 9.91. The van der Waals surface area contributed by atoms with E-state index in [0.717, 1.165) is 5.32 Å². The van der Waals surface area contributed by atoms with Crippen LogP contribution in [0.25, 0.3) is 0 Å². The lowest BCUT2D eigenvalue weighted by Gasteiger charge is -2.27. The minimum absolute atomic E-state index is 0.403. The van der Waals surface area contributed by atoms with Gasteiger partial charge in [-0.05, 0) is 25.1 Å². The van der Waals surface area contributed by atoms with E-state index in [1.807, 2.05) is 0 Å². The summed E-state index contributed by atoms with van der Waals surface area (Å²) in [6, 6.07) is 1.61. The van der Waals surface area contributed by atoms with Crippen molar-refractivity contribution in [1.82, 2.24) is 5.32 Å². The van der Waals surface area contributed by atoms with E-state index in [4.69, 9.17) is 5.11 Å². The van der Waals surface area contributed by atoms with Crippen molar-refractivity contribution >= 4 is 11.9 Å². The van der Waals surface area contributed by atoms with Gasteiger partial charge in [0.25, 0.3) is 0 Å². The van der Waals surface area contributed by atoms with Gasteiger partial charge < -0.3 is 10.4 Å². The molecule has 0 bridgehead atoms. The molecule has 0 fully saturated rings. The number of aliphatic carboxylic acids is 1. The second-order valence-electron chi connectivity index (χ2n) is 4.01. The Hall–Kier alpha value is -2.19. The largest absolute Gasteiger partial charge is 0.479 e. The molecule has 0 spiro atoms. The first kappa shape index (κ1) is 15.9. The Kier molecular flexibility index (Phi) is 4.02. The predicted molar refractivity (Wildman–Crippen MR) is 55.5 cm³/mol. The van der Waals surface area contributed by atoms with Gasteiger partial charge in [0.2, 0.25) is 0 Å². The maximum absolute atomic E-state index is 13.5. The zero-order valence-electron chi connectivity index (χ0n) is 9.89. The van der Waals surface area contributed by atoms with Crippen molar-refractivity contribution in [1.29, 1.82) is 0 Å². The zero-order valence-corrected chi connectivity index (χ0v) is 9.89. The van der Waals surface area contributed by atoms with Gasteiger partial charge in [0.1, 0.15) is 11.6 Å². The van der Waals surface area contributed by atoms with Crippen LogP contribution in [0.15, 0.2) is 18.2 Å². The van der Waals surface area contributed by atoms with E-state index in [-0.39, 0.29) is 0 Å². The van der Waals surface area contributed by atoms with E-state index in [1.165, 1.54) is 0 Å². The minimum Gasteiger partial charge on any atom is -0.479 e. The van der Waals surface area contributed by atoms with E-state index in [2.05, 4.69) is 0 Å². The van der Waals surface area contributed by atoms with E-state index in [9.17, 15) is 31.5 Å². The molecule has 0 aromatic heterocycles. The third kappa shape index (κ3) is 3.03. The molecule has 1 aromatic carbocycles. The average Bonchev–Trinajstić information content (AvgIpc) is 2.30. The summed E-state index contributed by atoms with van der Waals surface area (Å²) in [6.07, 6.45) is -5.36. The summed E-state index contributed by atoms with van der Waals surface area (Å²) in [7, 11) is 0. The summed E-state index contributed by atoms with van der Waals surface area (Å²) in [4.78, 5) is 21.9. The quantitative estimate of drug-likeness (QED) is 0.838. The van der Waals surface area contributed by atoms with E-state index in [0.29, 0.717) is 25.1 Å². The van der Waals surface area contributed by atoms with Gasteiger partial charge in [-0.15, -0.1) is 0 Å². The van der Waals surface area contributed by atoms with Crippen molar-refractivity contribution < 1.29 is 36.6 Å². The number of benzene rings is 1. The highest BCUT2D eigenvalue weighted by atomic mass is 19.4. The molecule has 0 saturated carbocycles. The lowest BCUT2D eigenvalue weighted by molar-refractivity contribution is -0.177. The summed E-state index contributed by atoms with van der Waals surface area (Å²) in [6.45, 7) is 0.622. The topological polar surface area (TPSA) is 66.4 Å². The molecule has 1 atom stereocenters. The molecule has 0 radical (unpaired) electrons. The number of carbonyl (C=O) groups is 2. The molecule has 1 aromatic rings. The van der Waals surface area contributed by atoms with Gasteiger partial charge in [0.15, 0.2) is 5.54 Å². The van der Waals surface area contributed by atoms with Crippen LogP contribution in [0.5, 0.6) is 0 Å². The van der Waals surface area contributed by atoms with Crippen molar-refractivity contribution in [2.45, 2.75) is 18.6 Å². The van der Waals surface area contributed by atoms with Crippen molar-refractivity contribution in [3.8, 4) is 0 Å². The Morgan fingerprint density at radius 1 is 1.20 bits per heavy atom. The van der Waals surface area contributed by atoms with E-state index < -0.39 is 40.8 Å². The van der Waals surface area contributed by atoms with Crippen molar-refractivity contribution in [3.63, 3.8) is 0 Å². The minimum atomic E-state index is -5.36. The first-order valence-electron chi connectivity index (χ1n) is 5.06. The Labute approximate surface area is 109 Å². The molecule has 0 saturated heterocycles. The number of carboxylic acid groups (broad SMARTS) is 1. The van der Waals surface area contributed by atoms with Crippen LogP contribution in [-0.2, 0) is 15.1 Å². The number of carbonyl (C=O) groups excluding carboxylic acids is 1. The van der Waals surface area contributed by atoms with Gasteiger partial charge in [-0.1, -0.05) is 0 Å². The fourth-order valence-electron chi connectivity index (χ4n) is 1.41. The molecule has 1 rings (SSSR count). The van der Waals surface area contributed by atoms with Gasteiger partial charge in [0.05, 0.1) is 0 Å². The Morgan fingerprint density at radius 2 is 1.75 bits per heavy atom. The number of nitrogens with one attached hydrogen (secondary N) is 1. The number of hydrogen-bond donors (Lipinski definition) is 2. The summed E-state index contributed by atoms with van der Waals surface area (Å²) in [5, 5.41) is 10.1. The number of hydrogen-bond acceptors (Lipinski definition) is 2. The summed E-state index contributed by atoms with van der Waals surface area (Å²) < 4.78 is 63.0. The molecule has 0 aliphatic rings. The molecule has 0 heterocycles. The van der Waals surface area contributed by atoms with Gasteiger partial charge in [-0.2, -0.15) is 13.2 Å². The van der Waals surface area contributed by atoms with E-state index in [1.54, 1.807) is 0 Å². The highest BCUT2D eigenvalue weighted by molar-refractivity contribution is 5.90. The SMILES string of the molecule is CC(NC(=O)C(F)(F)F)(C(=O)O)c1cc(F)ccc1F. The highest BCUT2D eigenvalue weighted by Crippen LogP contribution is 2.27. The maximum Gasteiger partial charge on any atom is 0.471 e. The predicted octanol–water partition coefficient (Wildman–Crippen LogP) is 1.94. The normalized spacial score (nSPS) is 14.5. The van der Waals surface area contributed by atoms with Gasteiger partial charge in [0, 0.05) is 5.56 Å². The van der Waals surface area contributed by atoms with Crippen LogP contribution in [0.2, 0.25) is 0 Å². The molecule has 4 nitrogen and oxygen atoms in total. The Balaban J connectivity index is 3.32. The number of amides is 1. The maximum atomic E-state index is 13.5. The fourth-order valence-corrected chi connectivity index (χ4v) is 1.41. The summed E-state index contributed by atoms with van der Waals surface area (Å²) in [5.41, 5.74) is -3.69. The number of halogens is 5. The monoisotopic (exact) mass is 297 g/mol. The highest BCUT2D eigenvalue weighted by Gasteiger charge is 2.47. The second-order valence-corrected chi connectivity index (χ2v) is 4.01. The van der Waals surface area contributed by atoms with Crippen LogP contribution >= 0.6 is 0 Å². The number of alkyl halides is 3. The molecule has 1 unspecified atom stereocenters. The van der Waals surface area contributed by atoms with Crippen LogP contribution in [0.1, 0.15) is 12.5 Å². The summed E-state index contributed by atoms with van der Waals surface area (Å²) >= 11 is 0. The van der Waals surface area contributed by atoms with Crippen molar-refractivity contribution in [2.24, 2.45) is 0 Å². The molecular formula is C11H8F5NO3. The molecule has 2 N–H and O–H groups in total. The van der Waals surface area contributed by atoms with Crippen LogP contribution < -0.4 is 5.32 Å². The molecule has 0 aliphatic carbocycles. The number of carboxylic acids is 1. The molecule has 0 aliphatic heterocycles. The molecule has 110 valence electrons. The Bertz CT molecular complexity index is 557. The van der Waals surface area contributed by atoms with Crippen LogP contribution in [0.3, 0.4) is 0 Å². The second kappa shape index (κ2) is 5.06. The average molecular weight is 297 g/mol. The van der Waals surface area contributed by atoms with Gasteiger partial charge in [-0.25, -0.2) is 13.6 Å². The zero-order chi connectivity index (χ0) is 15.7. The first-order chi connectivity index (χ1) is 8.98. The first-order valence-corrected chi connectivity index (χ1v) is 5.06. The fraction of sp³-hybridized carbons (Fsp3) is 0.273. The molecule has 20 heavy (non-hydrogen) atoms. The molecule has 9 heteroatoms. The summed E-state index contributed by atoms with van der Waals surface area (Å²) in [5.74, 6) is -6.88.